The number of hydrogen-bond acceptors (Lipinski definition) is 5. The minimum atomic E-state index is -1.05. The smallest absolute Gasteiger partial charge is 0.341 e. The van der Waals surface area contributed by atoms with E-state index >= 15 is 0 Å². The molecule has 0 aliphatic heterocycles. The van der Waals surface area contributed by atoms with E-state index < -0.39 is 12.6 Å². The fraction of sp³-hybridized carbons (Fsp3) is 0.263. The minimum absolute atomic E-state index is 0.140. The third kappa shape index (κ3) is 6.35. The molecule has 26 heavy (non-hydrogen) atoms. The number of carbonyl (C=O) groups is 2. The van der Waals surface area contributed by atoms with E-state index in [-0.39, 0.29) is 19.1 Å². The molecule has 2 rings (SSSR count). The highest BCUT2D eigenvalue weighted by Gasteiger charge is 2.08. The van der Waals surface area contributed by atoms with Crippen molar-refractivity contribution in [2.75, 3.05) is 19.8 Å². The number of para-hydroxylation sites is 2. The van der Waals surface area contributed by atoms with Crippen LogP contribution >= 0.6 is 0 Å². The number of benzene rings is 2. The van der Waals surface area contributed by atoms with E-state index in [1.54, 1.807) is 42.5 Å². The molecule has 0 fully saturated rings. The summed E-state index contributed by atoms with van der Waals surface area (Å²) in [5.74, 6) is 0.196. The Bertz CT molecular complexity index is 746. The average molecular weight is 359 g/mol. The molecule has 1 amide bonds. The van der Waals surface area contributed by atoms with Crippen molar-refractivity contribution in [3.05, 3.63) is 54.1 Å². The summed E-state index contributed by atoms with van der Waals surface area (Å²) in [6.45, 7) is 2.10. The standard InChI is InChI=1S/C19H21NO6/c1-2-24-16-8-3-4-9-17(16)26-12-18(21)20-11-14-6-5-7-15(10-14)25-13-19(22)23/h3-10H,2,11-13H2,1H3,(H,20,21)(H,22,23). The second-order valence-electron chi connectivity index (χ2n) is 5.27. The van der Waals surface area contributed by atoms with Crippen molar-refractivity contribution in [3.8, 4) is 17.2 Å². The van der Waals surface area contributed by atoms with Gasteiger partial charge in [-0.3, -0.25) is 4.79 Å². The highest BCUT2D eigenvalue weighted by molar-refractivity contribution is 5.77. The van der Waals surface area contributed by atoms with Crippen LogP contribution in [0.3, 0.4) is 0 Å². The van der Waals surface area contributed by atoms with Crippen LogP contribution in [-0.2, 0) is 16.1 Å². The number of hydrogen-bond donors (Lipinski definition) is 2. The van der Waals surface area contributed by atoms with Crippen LogP contribution in [0.5, 0.6) is 17.2 Å². The molecule has 0 aliphatic rings. The maximum Gasteiger partial charge on any atom is 0.341 e. The maximum absolute atomic E-state index is 12.0. The molecule has 0 radical (unpaired) electrons. The number of amides is 1. The lowest BCUT2D eigenvalue weighted by molar-refractivity contribution is -0.139. The summed E-state index contributed by atoms with van der Waals surface area (Å²) in [5.41, 5.74) is 0.788. The molecule has 7 nitrogen and oxygen atoms in total. The highest BCUT2D eigenvalue weighted by atomic mass is 16.5. The van der Waals surface area contributed by atoms with E-state index in [4.69, 9.17) is 19.3 Å². The van der Waals surface area contributed by atoms with Gasteiger partial charge in [-0.25, -0.2) is 4.79 Å². The quantitative estimate of drug-likeness (QED) is 0.676. The normalized spacial score (nSPS) is 10.0. The summed E-state index contributed by atoms with van der Waals surface area (Å²) >= 11 is 0. The van der Waals surface area contributed by atoms with Crippen molar-refractivity contribution in [1.82, 2.24) is 5.32 Å². The van der Waals surface area contributed by atoms with Crippen molar-refractivity contribution in [3.63, 3.8) is 0 Å². The number of carboxylic acids is 1. The molecule has 0 saturated heterocycles. The van der Waals surface area contributed by atoms with E-state index in [0.29, 0.717) is 23.9 Å². The van der Waals surface area contributed by atoms with Crippen molar-refractivity contribution in [2.24, 2.45) is 0 Å². The van der Waals surface area contributed by atoms with Gasteiger partial charge in [0.1, 0.15) is 5.75 Å². The van der Waals surface area contributed by atoms with Gasteiger partial charge in [0.15, 0.2) is 24.7 Å². The van der Waals surface area contributed by atoms with Gasteiger partial charge in [-0.2, -0.15) is 0 Å². The number of rotatable bonds is 10. The zero-order valence-electron chi connectivity index (χ0n) is 14.4. The molecule has 2 aromatic carbocycles. The summed E-state index contributed by atoms with van der Waals surface area (Å²) in [6.07, 6.45) is 0. The number of ether oxygens (including phenoxy) is 3. The molecule has 0 spiro atoms. The van der Waals surface area contributed by atoms with Gasteiger partial charge in [0, 0.05) is 6.54 Å². The lowest BCUT2D eigenvalue weighted by Gasteiger charge is -2.12. The van der Waals surface area contributed by atoms with Crippen molar-refractivity contribution >= 4 is 11.9 Å². The van der Waals surface area contributed by atoms with Gasteiger partial charge in [0.05, 0.1) is 6.61 Å². The lowest BCUT2D eigenvalue weighted by atomic mass is 10.2. The Morgan fingerprint density at radius 2 is 1.69 bits per heavy atom. The topological polar surface area (TPSA) is 94.1 Å². The Kier molecular flexibility index (Phi) is 7.30. The second kappa shape index (κ2) is 9.93. The van der Waals surface area contributed by atoms with Gasteiger partial charge >= 0.3 is 5.97 Å². The first-order valence-electron chi connectivity index (χ1n) is 8.13. The lowest BCUT2D eigenvalue weighted by Crippen LogP contribution is -2.28. The molecule has 0 aliphatic carbocycles. The number of nitrogens with one attached hydrogen (secondary N) is 1. The van der Waals surface area contributed by atoms with E-state index in [9.17, 15) is 9.59 Å². The van der Waals surface area contributed by atoms with E-state index in [0.717, 1.165) is 5.56 Å². The predicted octanol–water partition coefficient (Wildman–Crippen LogP) is 2.24. The number of carbonyl (C=O) groups excluding carboxylic acids is 1. The molecular formula is C19H21NO6. The maximum atomic E-state index is 12.0. The summed E-state index contributed by atoms with van der Waals surface area (Å²) < 4.78 is 16.0. The van der Waals surface area contributed by atoms with Crippen LogP contribution in [0.1, 0.15) is 12.5 Å². The number of carboxylic acid groups (broad SMARTS) is 1. The molecule has 2 aromatic rings. The molecular weight excluding hydrogens is 338 g/mol. The molecule has 0 aromatic heterocycles. The summed E-state index contributed by atoms with van der Waals surface area (Å²) in [5, 5.41) is 11.4. The largest absolute Gasteiger partial charge is 0.490 e. The SMILES string of the molecule is CCOc1ccccc1OCC(=O)NCc1cccc(OCC(=O)O)c1. The van der Waals surface area contributed by atoms with E-state index in [2.05, 4.69) is 5.32 Å². The zero-order chi connectivity index (χ0) is 18.8. The van der Waals surface area contributed by atoms with Crippen LogP contribution in [0.2, 0.25) is 0 Å². The van der Waals surface area contributed by atoms with Gasteiger partial charge < -0.3 is 24.6 Å². The first-order chi connectivity index (χ1) is 12.6. The molecule has 138 valence electrons. The fourth-order valence-electron chi connectivity index (χ4n) is 2.13. The van der Waals surface area contributed by atoms with Crippen LogP contribution in [0.25, 0.3) is 0 Å². The van der Waals surface area contributed by atoms with Crippen LogP contribution in [0, 0.1) is 0 Å². The van der Waals surface area contributed by atoms with Crippen molar-refractivity contribution in [1.29, 1.82) is 0 Å². The van der Waals surface area contributed by atoms with Crippen molar-refractivity contribution in [2.45, 2.75) is 13.5 Å². The Balaban J connectivity index is 1.82. The van der Waals surface area contributed by atoms with Crippen molar-refractivity contribution < 1.29 is 28.9 Å². The van der Waals surface area contributed by atoms with Crippen LogP contribution < -0.4 is 19.5 Å². The first-order valence-corrected chi connectivity index (χ1v) is 8.13. The van der Waals surface area contributed by atoms with Gasteiger partial charge in [0.25, 0.3) is 5.91 Å². The zero-order valence-corrected chi connectivity index (χ0v) is 14.4. The highest BCUT2D eigenvalue weighted by Crippen LogP contribution is 2.26. The monoisotopic (exact) mass is 359 g/mol. The molecule has 0 saturated carbocycles. The Morgan fingerprint density at radius 3 is 2.38 bits per heavy atom. The summed E-state index contributed by atoms with van der Waals surface area (Å²) in [7, 11) is 0. The van der Waals surface area contributed by atoms with Gasteiger partial charge in [-0.15, -0.1) is 0 Å². The molecule has 7 heteroatoms. The minimum Gasteiger partial charge on any atom is -0.490 e. The Morgan fingerprint density at radius 1 is 0.962 bits per heavy atom. The molecule has 2 N–H and O–H groups in total. The van der Waals surface area contributed by atoms with E-state index in [1.807, 2.05) is 13.0 Å². The third-order valence-corrected chi connectivity index (χ3v) is 3.26. The molecule has 0 unspecified atom stereocenters. The Labute approximate surface area is 151 Å². The second-order valence-corrected chi connectivity index (χ2v) is 5.27. The fourth-order valence-corrected chi connectivity index (χ4v) is 2.13. The van der Waals surface area contributed by atoms with E-state index in [1.165, 1.54) is 0 Å². The number of aliphatic carboxylic acids is 1. The van der Waals surface area contributed by atoms with Crippen LogP contribution in [0.15, 0.2) is 48.5 Å². The third-order valence-electron chi connectivity index (χ3n) is 3.26. The van der Waals surface area contributed by atoms with Gasteiger partial charge in [-0.05, 0) is 36.8 Å². The Hall–Kier alpha value is -3.22. The molecule has 0 atom stereocenters. The molecule has 0 heterocycles. The van der Waals surface area contributed by atoms with Crippen LogP contribution in [0.4, 0.5) is 0 Å². The average Bonchev–Trinajstić information content (AvgIpc) is 2.64. The summed E-state index contributed by atoms with van der Waals surface area (Å²) in [6, 6.07) is 14.0. The first kappa shape index (κ1) is 19.1. The van der Waals surface area contributed by atoms with Gasteiger partial charge in [-0.1, -0.05) is 24.3 Å². The van der Waals surface area contributed by atoms with Gasteiger partial charge in [0.2, 0.25) is 0 Å². The molecule has 0 bridgehead atoms. The summed E-state index contributed by atoms with van der Waals surface area (Å²) in [4.78, 5) is 22.5. The van der Waals surface area contributed by atoms with Crippen LogP contribution in [-0.4, -0.2) is 36.8 Å². The predicted molar refractivity (Wildman–Crippen MR) is 94.5 cm³/mol.